The van der Waals surface area contributed by atoms with Gasteiger partial charge in [-0.2, -0.15) is 4.31 Å². The van der Waals surface area contributed by atoms with Crippen molar-refractivity contribution in [3.05, 3.63) is 24.8 Å². The van der Waals surface area contributed by atoms with Crippen LogP contribution in [0.2, 0.25) is 0 Å². The molecule has 1 aliphatic rings. The third kappa shape index (κ3) is 18.4. The summed E-state index contributed by atoms with van der Waals surface area (Å²) in [6.07, 6.45) is 6.58. The van der Waals surface area contributed by atoms with Crippen molar-refractivity contribution in [3.8, 4) is 0 Å². The van der Waals surface area contributed by atoms with Gasteiger partial charge in [-0.25, -0.2) is 28.6 Å². The molecule has 0 saturated carbocycles. The van der Waals surface area contributed by atoms with Crippen molar-refractivity contribution in [3.63, 3.8) is 0 Å². The molecule has 0 aromatic carbocycles. The van der Waals surface area contributed by atoms with Crippen LogP contribution in [0.4, 0.5) is 5.82 Å². The number of rotatable bonds is 29. The van der Waals surface area contributed by atoms with Crippen LogP contribution in [-0.4, -0.2) is 123 Å². The number of phosphoric ester groups is 3. The van der Waals surface area contributed by atoms with Crippen molar-refractivity contribution in [1.82, 2.24) is 30.2 Å². The number of amides is 2. The van der Waals surface area contributed by atoms with Crippen LogP contribution in [-0.2, 0) is 50.7 Å². The largest absolute Gasteiger partial charge is 0.481 e. The molecule has 3 heterocycles. The van der Waals surface area contributed by atoms with Gasteiger partial charge < -0.3 is 50.9 Å². The number of thioether (sulfide) groups is 1. The van der Waals surface area contributed by atoms with Gasteiger partial charge in [0.15, 0.2) is 22.8 Å². The average molecular weight is 962 g/mol. The lowest BCUT2D eigenvalue weighted by molar-refractivity contribution is -0.137. The van der Waals surface area contributed by atoms with Crippen LogP contribution in [0.15, 0.2) is 24.8 Å². The first kappa shape index (κ1) is 53.6. The average Bonchev–Trinajstić information content (AvgIpc) is 3.75. The van der Waals surface area contributed by atoms with Gasteiger partial charge in [0.2, 0.25) is 11.8 Å². The first-order valence-electron chi connectivity index (χ1n) is 19.8. The molecule has 24 nitrogen and oxygen atoms in total. The lowest BCUT2D eigenvalue weighted by Gasteiger charge is -2.30. The number of hydrogen-bond acceptors (Lipinski definition) is 18. The number of aliphatic hydroxyl groups excluding tert-OH is 2. The second-order valence-corrected chi connectivity index (χ2v) is 20.2. The summed E-state index contributed by atoms with van der Waals surface area (Å²) in [4.78, 5) is 88.0. The molecule has 2 amide bonds. The zero-order valence-corrected chi connectivity index (χ0v) is 38.1. The molecule has 2 aromatic heterocycles. The van der Waals surface area contributed by atoms with E-state index in [0.717, 1.165) is 54.7 Å². The topological polar surface area (TPSA) is 364 Å². The van der Waals surface area contributed by atoms with Crippen molar-refractivity contribution < 1.29 is 80.5 Å². The number of anilines is 1. The molecule has 7 unspecified atom stereocenters. The minimum atomic E-state index is -5.57. The Labute approximate surface area is 362 Å². The summed E-state index contributed by atoms with van der Waals surface area (Å²) >= 11 is 1.13. The predicted octanol–water partition coefficient (Wildman–Crippen LogP) is 2.75. The van der Waals surface area contributed by atoms with Crippen molar-refractivity contribution in [1.29, 1.82) is 0 Å². The van der Waals surface area contributed by atoms with E-state index in [1.807, 2.05) is 0 Å². The summed E-state index contributed by atoms with van der Waals surface area (Å²) in [5.74, 6) is -1.05. The van der Waals surface area contributed by atoms with E-state index in [-0.39, 0.29) is 41.6 Å². The maximum atomic E-state index is 12.7. The zero-order chi connectivity index (χ0) is 46.1. The number of nitrogen functional groups attached to an aromatic ring is 1. The normalized spacial score (nSPS) is 20.9. The molecule has 28 heteroatoms. The fraction of sp³-hybridized carbons (Fsp3) is 0.706. The Balaban J connectivity index is 1.38. The standard InChI is InChI=1S/C34H58N7O17P3S/c1-4-5-6-7-8-9-10-11-12-13-14-25(43)62-18-17-36-24(42)15-16-37-32(46)29(45)34(2,3)20-55-61(52,53)58-60(50,51)54-19-23-28(57-59(47,48)49)27(44)33(56-23)41-22-40-26-30(35)38-21-39-31(26)41/h9-10,21-23,27-29,33,44-45H,4-8,11-20H2,1-3H3,(H,36,42)(H,37,46)(H,50,51)(H,52,53)(H2,35,38,39)(H2,47,48,49)/b10-9+. The Hall–Kier alpha value is -2.70. The Morgan fingerprint density at radius 3 is 2.32 bits per heavy atom. The molecule has 352 valence electrons. The van der Waals surface area contributed by atoms with E-state index in [1.54, 1.807) is 0 Å². The van der Waals surface area contributed by atoms with Crippen molar-refractivity contribution >= 4 is 69.1 Å². The number of nitrogens with two attached hydrogens (primary N) is 1. The van der Waals surface area contributed by atoms with Gasteiger partial charge in [-0.15, -0.1) is 0 Å². The van der Waals surface area contributed by atoms with Gasteiger partial charge in [-0.05, 0) is 32.1 Å². The molecule has 1 saturated heterocycles. The number of imidazole rings is 1. The maximum Gasteiger partial charge on any atom is 0.481 e. The number of aliphatic hydroxyl groups is 2. The monoisotopic (exact) mass is 961 g/mol. The number of ether oxygens (including phenoxy) is 1. The zero-order valence-electron chi connectivity index (χ0n) is 34.6. The fourth-order valence-corrected chi connectivity index (χ4v) is 9.37. The molecule has 2 aromatic rings. The van der Waals surface area contributed by atoms with E-state index in [0.29, 0.717) is 12.2 Å². The van der Waals surface area contributed by atoms with Crippen LogP contribution in [0.25, 0.3) is 11.2 Å². The molecular formula is C34H58N7O17P3S. The number of aromatic nitrogens is 4. The number of allylic oxidation sites excluding steroid dienone is 2. The minimum absolute atomic E-state index is 0.0322. The van der Waals surface area contributed by atoms with Crippen LogP contribution < -0.4 is 16.4 Å². The fourth-order valence-electron chi connectivity index (χ4n) is 5.82. The smallest absolute Gasteiger partial charge is 0.386 e. The quantitative estimate of drug-likeness (QED) is 0.0321. The molecule has 10 N–H and O–H groups in total. The van der Waals surface area contributed by atoms with Gasteiger partial charge >= 0.3 is 23.5 Å². The molecule has 3 rings (SSSR count). The number of nitrogens with one attached hydrogen (secondary N) is 2. The Morgan fingerprint density at radius 1 is 0.968 bits per heavy atom. The van der Waals surface area contributed by atoms with Crippen molar-refractivity contribution in [2.75, 3.05) is 37.8 Å². The van der Waals surface area contributed by atoms with E-state index in [4.69, 9.17) is 19.5 Å². The summed E-state index contributed by atoms with van der Waals surface area (Å²) in [5, 5.41) is 26.6. The number of nitrogens with zero attached hydrogens (tertiary/aromatic N) is 4. The molecule has 0 spiro atoms. The molecule has 1 fully saturated rings. The Bertz CT molecular complexity index is 1950. The number of hydrogen-bond donors (Lipinski definition) is 9. The van der Waals surface area contributed by atoms with Gasteiger partial charge in [0.1, 0.15) is 36.3 Å². The number of carbonyl (C=O) groups excluding carboxylic acids is 3. The number of unbranched alkanes of at least 4 members (excludes halogenated alkanes) is 6. The van der Waals surface area contributed by atoms with Gasteiger partial charge in [0.05, 0.1) is 19.5 Å². The lowest BCUT2D eigenvalue weighted by atomic mass is 9.87. The highest BCUT2D eigenvalue weighted by molar-refractivity contribution is 8.13. The Morgan fingerprint density at radius 2 is 1.65 bits per heavy atom. The van der Waals surface area contributed by atoms with Crippen LogP contribution >= 0.6 is 35.2 Å². The van der Waals surface area contributed by atoms with Gasteiger partial charge in [0.25, 0.3) is 0 Å². The van der Waals surface area contributed by atoms with Gasteiger partial charge in [0, 0.05) is 37.1 Å². The van der Waals surface area contributed by atoms with Crippen LogP contribution in [0.3, 0.4) is 0 Å². The minimum Gasteiger partial charge on any atom is -0.386 e. The third-order valence-corrected chi connectivity index (χ3v) is 13.2. The summed E-state index contributed by atoms with van der Waals surface area (Å²) in [5.41, 5.74) is 4.28. The van der Waals surface area contributed by atoms with E-state index in [2.05, 4.69) is 53.5 Å². The Kier molecular flexibility index (Phi) is 21.7. The third-order valence-electron chi connectivity index (χ3n) is 9.16. The van der Waals surface area contributed by atoms with Crippen LogP contribution in [0.1, 0.15) is 91.2 Å². The highest BCUT2D eigenvalue weighted by Crippen LogP contribution is 2.61. The molecule has 0 aliphatic carbocycles. The SMILES string of the molecule is CCCCCC/C=C/CCCCC(=O)SCCNC(=O)CCNC(=O)C(O)C(C)(C)COP(=O)(O)OP(=O)(O)OCC1OC(n2cnc3c(N)ncnc32)C(O)C1OP(=O)(O)O. The molecule has 62 heavy (non-hydrogen) atoms. The summed E-state index contributed by atoms with van der Waals surface area (Å²) < 4.78 is 62.3. The second-order valence-electron chi connectivity index (χ2n) is 14.9. The number of fused-ring (bicyclic) bond motifs is 1. The van der Waals surface area contributed by atoms with Crippen molar-refractivity contribution in [2.45, 2.75) is 116 Å². The second kappa shape index (κ2) is 25.1. The maximum absolute atomic E-state index is 12.7. The van der Waals surface area contributed by atoms with Crippen LogP contribution in [0, 0.1) is 5.41 Å². The highest BCUT2D eigenvalue weighted by Gasteiger charge is 2.50. The summed E-state index contributed by atoms with van der Waals surface area (Å²) in [7, 11) is -16.4. The predicted molar refractivity (Wildman–Crippen MR) is 223 cm³/mol. The highest BCUT2D eigenvalue weighted by atomic mass is 32.2. The number of phosphoric acid groups is 3. The molecule has 0 bridgehead atoms. The number of carbonyl (C=O) groups is 3. The van der Waals surface area contributed by atoms with Gasteiger partial charge in [-0.1, -0.05) is 63.9 Å². The van der Waals surface area contributed by atoms with Gasteiger partial charge in [-0.3, -0.25) is 32.5 Å². The van der Waals surface area contributed by atoms with Crippen molar-refractivity contribution in [2.24, 2.45) is 5.41 Å². The molecule has 1 aliphatic heterocycles. The van der Waals surface area contributed by atoms with E-state index in [1.165, 1.54) is 39.5 Å². The lowest BCUT2D eigenvalue weighted by Crippen LogP contribution is -2.46. The van der Waals surface area contributed by atoms with Crippen LogP contribution in [0.5, 0.6) is 0 Å². The molecule has 7 atom stereocenters. The summed E-state index contributed by atoms with van der Waals surface area (Å²) in [6, 6.07) is 0. The summed E-state index contributed by atoms with van der Waals surface area (Å²) in [6.45, 7) is 2.73. The van der Waals surface area contributed by atoms with E-state index < -0.39 is 84.6 Å². The first-order valence-corrected chi connectivity index (χ1v) is 25.3. The molecular weight excluding hydrogens is 903 g/mol. The van der Waals surface area contributed by atoms with E-state index in [9.17, 15) is 57.9 Å². The van der Waals surface area contributed by atoms with E-state index >= 15 is 0 Å². The molecule has 0 radical (unpaired) electrons. The first-order chi connectivity index (χ1) is 29.1.